The largest absolute Gasteiger partial charge is 0.382 e. The highest BCUT2D eigenvalue weighted by atomic mass is 16.1. The highest BCUT2D eigenvalue weighted by Gasteiger charge is 2.04. The van der Waals surface area contributed by atoms with Crippen molar-refractivity contribution >= 4 is 11.5 Å². The number of nitrogens with one attached hydrogen (secondary N) is 1. The number of rotatable bonds is 5. The van der Waals surface area contributed by atoms with Crippen LogP contribution in [0.4, 0.5) is 5.69 Å². The van der Waals surface area contributed by atoms with Crippen molar-refractivity contribution in [2.45, 2.75) is 26.3 Å². The number of anilines is 1. The van der Waals surface area contributed by atoms with Crippen molar-refractivity contribution < 1.29 is 4.79 Å². The lowest BCUT2D eigenvalue weighted by Gasteiger charge is -2.15. The number of carbonyl (C=O) groups is 1. The fourth-order valence-corrected chi connectivity index (χ4v) is 2.10. The molecule has 0 aromatic heterocycles. The molecule has 0 spiro atoms. The normalized spacial score (nSPS) is 11.9. The molecule has 0 bridgehead atoms. The van der Waals surface area contributed by atoms with Gasteiger partial charge < -0.3 is 5.32 Å². The highest BCUT2D eigenvalue weighted by Crippen LogP contribution is 2.13. The third-order valence-electron chi connectivity index (χ3n) is 3.09. The fraction of sp³-hybridized carbons (Fsp3) is 0.235. The van der Waals surface area contributed by atoms with Gasteiger partial charge in [0, 0.05) is 17.3 Å². The number of hydrogen-bond acceptors (Lipinski definition) is 2. The van der Waals surface area contributed by atoms with E-state index >= 15 is 0 Å². The summed E-state index contributed by atoms with van der Waals surface area (Å²) in [6.07, 6.45) is 0.981. The zero-order valence-corrected chi connectivity index (χ0v) is 11.4. The Bertz CT molecular complexity index is 531. The number of hydrogen-bond donors (Lipinski definition) is 1. The third kappa shape index (κ3) is 3.95. The molecule has 0 heterocycles. The van der Waals surface area contributed by atoms with Crippen molar-refractivity contribution in [2.75, 3.05) is 5.32 Å². The van der Waals surface area contributed by atoms with Gasteiger partial charge in [0.2, 0.25) is 0 Å². The second-order valence-corrected chi connectivity index (χ2v) is 4.87. The average Bonchev–Trinajstić information content (AvgIpc) is 2.40. The van der Waals surface area contributed by atoms with Crippen molar-refractivity contribution in [3.63, 3.8) is 0 Å². The SMILES string of the molecule is CC(=O)c1ccc(NC(C)Cc2ccccc2)cc1. The Labute approximate surface area is 114 Å². The van der Waals surface area contributed by atoms with E-state index in [1.165, 1.54) is 5.56 Å². The molecule has 2 aromatic rings. The minimum absolute atomic E-state index is 0.101. The summed E-state index contributed by atoms with van der Waals surface area (Å²) < 4.78 is 0. The van der Waals surface area contributed by atoms with E-state index in [1.54, 1.807) is 6.92 Å². The lowest BCUT2D eigenvalue weighted by molar-refractivity contribution is 0.101. The summed E-state index contributed by atoms with van der Waals surface area (Å²) in [4.78, 5) is 11.2. The lowest BCUT2D eigenvalue weighted by Crippen LogP contribution is -2.17. The molecule has 98 valence electrons. The van der Waals surface area contributed by atoms with Gasteiger partial charge in [0.1, 0.15) is 0 Å². The van der Waals surface area contributed by atoms with Gasteiger partial charge in [-0.1, -0.05) is 30.3 Å². The fourth-order valence-electron chi connectivity index (χ4n) is 2.10. The third-order valence-corrected chi connectivity index (χ3v) is 3.09. The summed E-state index contributed by atoms with van der Waals surface area (Å²) >= 11 is 0. The molecule has 0 saturated carbocycles. The van der Waals surface area contributed by atoms with Crippen LogP contribution in [-0.2, 0) is 6.42 Å². The van der Waals surface area contributed by atoms with Gasteiger partial charge in [-0.05, 0) is 50.1 Å². The Hall–Kier alpha value is -2.09. The molecule has 2 heteroatoms. The van der Waals surface area contributed by atoms with Crippen molar-refractivity contribution in [3.05, 3.63) is 65.7 Å². The molecule has 2 aromatic carbocycles. The first-order chi connectivity index (χ1) is 9.15. The first kappa shape index (κ1) is 13.3. The van der Waals surface area contributed by atoms with Gasteiger partial charge in [-0.25, -0.2) is 0 Å². The Morgan fingerprint density at radius 2 is 1.68 bits per heavy atom. The molecule has 0 aliphatic rings. The maximum Gasteiger partial charge on any atom is 0.159 e. The van der Waals surface area contributed by atoms with Crippen LogP contribution >= 0.6 is 0 Å². The van der Waals surface area contributed by atoms with Crippen LogP contribution in [0.15, 0.2) is 54.6 Å². The second kappa shape index (κ2) is 6.19. The molecule has 2 rings (SSSR count). The quantitative estimate of drug-likeness (QED) is 0.818. The van der Waals surface area contributed by atoms with E-state index < -0.39 is 0 Å². The molecule has 0 aliphatic heterocycles. The van der Waals surface area contributed by atoms with Gasteiger partial charge in [0.05, 0.1) is 0 Å². The van der Waals surface area contributed by atoms with Crippen LogP contribution < -0.4 is 5.32 Å². The smallest absolute Gasteiger partial charge is 0.159 e. The van der Waals surface area contributed by atoms with Crippen LogP contribution in [-0.4, -0.2) is 11.8 Å². The number of carbonyl (C=O) groups excluding carboxylic acids is 1. The minimum atomic E-state index is 0.101. The zero-order valence-electron chi connectivity index (χ0n) is 11.4. The standard InChI is InChI=1S/C17H19NO/c1-13(12-15-6-4-3-5-7-15)18-17-10-8-16(9-11-17)14(2)19/h3-11,13,18H,12H2,1-2H3. The van der Waals surface area contributed by atoms with E-state index in [4.69, 9.17) is 0 Å². The van der Waals surface area contributed by atoms with E-state index in [9.17, 15) is 4.79 Å². The maximum atomic E-state index is 11.2. The first-order valence-electron chi connectivity index (χ1n) is 6.56. The van der Waals surface area contributed by atoms with Gasteiger partial charge in [-0.3, -0.25) is 4.79 Å². The van der Waals surface area contributed by atoms with Crippen LogP contribution in [0.1, 0.15) is 29.8 Å². The van der Waals surface area contributed by atoms with Gasteiger partial charge in [0.15, 0.2) is 5.78 Å². The second-order valence-electron chi connectivity index (χ2n) is 4.87. The van der Waals surface area contributed by atoms with Gasteiger partial charge in [-0.2, -0.15) is 0 Å². The van der Waals surface area contributed by atoms with Crippen LogP contribution in [0.5, 0.6) is 0 Å². The molecule has 2 nitrogen and oxygen atoms in total. The summed E-state index contributed by atoms with van der Waals surface area (Å²) in [5.74, 6) is 0.101. The Kier molecular flexibility index (Phi) is 4.35. The summed E-state index contributed by atoms with van der Waals surface area (Å²) in [5.41, 5.74) is 3.12. The van der Waals surface area contributed by atoms with Crippen LogP contribution in [0.25, 0.3) is 0 Å². The first-order valence-corrected chi connectivity index (χ1v) is 6.56. The van der Waals surface area contributed by atoms with Crippen molar-refractivity contribution in [1.82, 2.24) is 0 Å². The molecule has 1 unspecified atom stereocenters. The predicted octanol–water partition coefficient (Wildman–Crippen LogP) is 3.93. The summed E-state index contributed by atoms with van der Waals surface area (Å²) in [5, 5.41) is 3.45. The number of benzene rings is 2. The molecule has 19 heavy (non-hydrogen) atoms. The summed E-state index contributed by atoms with van der Waals surface area (Å²) in [6, 6.07) is 18.4. The Morgan fingerprint density at radius 3 is 2.26 bits per heavy atom. The monoisotopic (exact) mass is 253 g/mol. The van der Waals surface area contributed by atoms with E-state index in [-0.39, 0.29) is 5.78 Å². The number of Topliss-reactive ketones (excluding diaryl/α,β-unsaturated/α-hetero) is 1. The van der Waals surface area contributed by atoms with Gasteiger partial charge >= 0.3 is 0 Å². The van der Waals surface area contributed by atoms with Crippen molar-refractivity contribution in [1.29, 1.82) is 0 Å². The highest BCUT2D eigenvalue weighted by molar-refractivity contribution is 5.94. The van der Waals surface area contributed by atoms with Crippen LogP contribution in [0, 0.1) is 0 Å². The molecule has 1 atom stereocenters. The van der Waals surface area contributed by atoms with Crippen LogP contribution in [0.3, 0.4) is 0 Å². The lowest BCUT2D eigenvalue weighted by atomic mass is 10.1. The van der Waals surface area contributed by atoms with E-state index in [0.717, 1.165) is 17.7 Å². The molecule has 0 fully saturated rings. The summed E-state index contributed by atoms with van der Waals surface area (Å²) in [7, 11) is 0. The van der Waals surface area contributed by atoms with Crippen molar-refractivity contribution in [2.24, 2.45) is 0 Å². The molecular formula is C17H19NO. The molecular weight excluding hydrogens is 234 g/mol. The Balaban J connectivity index is 1.95. The summed E-state index contributed by atoms with van der Waals surface area (Å²) in [6.45, 7) is 3.74. The van der Waals surface area contributed by atoms with E-state index in [0.29, 0.717) is 6.04 Å². The molecule has 0 saturated heterocycles. The van der Waals surface area contributed by atoms with E-state index in [2.05, 4.69) is 36.5 Å². The minimum Gasteiger partial charge on any atom is -0.382 e. The maximum absolute atomic E-state index is 11.2. The topological polar surface area (TPSA) is 29.1 Å². The van der Waals surface area contributed by atoms with Crippen LogP contribution in [0.2, 0.25) is 0 Å². The molecule has 0 aliphatic carbocycles. The Morgan fingerprint density at radius 1 is 1.05 bits per heavy atom. The molecule has 1 N–H and O–H groups in total. The predicted molar refractivity (Wildman–Crippen MR) is 79.7 cm³/mol. The molecule has 0 amide bonds. The van der Waals surface area contributed by atoms with Gasteiger partial charge in [-0.15, -0.1) is 0 Å². The number of ketones is 1. The zero-order chi connectivity index (χ0) is 13.7. The molecule has 0 radical (unpaired) electrons. The van der Waals surface area contributed by atoms with E-state index in [1.807, 2.05) is 30.3 Å². The van der Waals surface area contributed by atoms with Gasteiger partial charge in [0.25, 0.3) is 0 Å². The van der Waals surface area contributed by atoms with Crippen molar-refractivity contribution in [3.8, 4) is 0 Å². The average molecular weight is 253 g/mol.